The quantitative estimate of drug-likeness (QED) is 0.686. The number of carbonyl (C=O) groups is 1. The molecule has 0 aliphatic carbocycles. The molecule has 118 valence electrons. The van der Waals surface area contributed by atoms with Crippen LogP contribution in [0.4, 0.5) is 5.69 Å². The van der Waals surface area contributed by atoms with Crippen LogP contribution in [0.5, 0.6) is 0 Å². The van der Waals surface area contributed by atoms with Crippen LogP contribution in [0.3, 0.4) is 0 Å². The lowest BCUT2D eigenvalue weighted by molar-refractivity contribution is -0.121. The molecule has 0 aliphatic rings. The van der Waals surface area contributed by atoms with E-state index >= 15 is 0 Å². The van der Waals surface area contributed by atoms with E-state index in [0.29, 0.717) is 18.9 Å². The molecule has 2 N–H and O–H groups in total. The average Bonchev–Trinajstić information content (AvgIpc) is 2.49. The average molecular weight is 292 g/mol. The SMILES string of the molecule is CC(CO)CCCNC(=O)CCc1ccc(N(C)C)cc1. The third kappa shape index (κ3) is 7.14. The van der Waals surface area contributed by atoms with E-state index < -0.39 is 0 Å². The van der Waals surface area contributed by atoms with Gasteiger partial charge >= 0.3 is 0 Å². The molecule has 0 spiro atoms. The molecule has 1 rings (SSSR count). The van der Waals surface area contributed by atoms with Crippen LogP contribution in [0.25, 0.3) is 0 Å². The van der Waals surface area contributed by atoms with E-state index in [4.69, 9.17) is 5.11 Å². The van der Waals surface area contributed by atoms with Gasteiger partial charge in [0.1, 0.15) is 0 Å². The smallest absolute Gasteiger partial charge is 0.220 e. The van der Waals surface area contributed by atoms with Crippen molar-refractivity contribution in [2.75, 3.05) is 32.1 Å². The first kappa shape index (κ1) is 17.5. The normalized spacial score (nSPS) is 12.0. The third-order valence-electron chi connectivity index (χ3n) is 3.60. The van der Waals surface area contributed by atoms with Gasteiger partial charge in [0.25, 0.3) is 0 Å². The van der Waals surface area contributed by atoms with Crippen molar-refractivity contribution in [2.45, 2.75) is 32.6 Å². The van der Waals surface area contributed by atoms with Gasteiger partial charge in [0.2, 0.25) is 5.91 Å². The Hall–Kier alpha value is -1.55. The summed E-state index contributed by atoms with van der Waals surface area (Å²) in [5.41, 5.74) is 2.35. The predicted molar refractivity (Wildman–Crippen MR) is 87.6 cm³/mol. The standard InChI is InChI=1S/C17H28N2O2/c1-14(13-20)5-4-12-18-17(21)11-8-15-6-9-16(10-7-15)19(2)3/h6-7,9-10,14,20H,4-5,8,11-13H2,1-3H3,(H,18,21). The summed E-state index contributed by atoms with van der Waals surface area (Å²) in [6.07, 6.45) is 3.16. The molecule has 0 radical (unpaired) electrons. The van der Waals surface area contributed by atoms with Crippen molar-refractivity contribution >= 4 is 11.6 Å². The van der Waals surface area contributed by atoms with Gasteiger partial charge in [-0.1, -0.05) is 19.1 Å². The Balaban J connectivity index is 2.20. The van der Waals surface area contributed by atoms with E-state index in [1.54, 1.807) is 0 Å². The van der Waals surface area contributed by atoms with Crippen LogP contribution in [0.1, 0.15) is 31.7 Å². The van der Waals surface area contributed by atoms with Crippen molar-refractivity contribution in [2.24, 2.45) is 5.92 Å². The number of benzene rings is 1. The number of amides is 1. The summed E-state index contributed by atoms with van der Waals surface area (Å²) in [5, 5.41) is 11.9. The molecular weight excluding hydrogens is 264 g/mol. The van der Waals surface area contributed by atoms with Crippen molar-refractivity contribution in [3.8, 4) is 0 Å². The number of rotatable bonds is 9. The van der Waals surface area contributed by atoms with Crippen molar-refractivity contribution < 1.29 is 9.90 Å². The Bertz CT molecular complexity index is 415. The lowest BCUT2D eigenvalue weighted by Crippen LogP contribution is -2.25. The summed E-state index contributed by atoms with van der Waals surface area (Å²) in [4.78, 5) is 13.8. The van der Waals surface area contributed by atoms with E-state index in [0.717, 1.165) is 19.3 Å². The van der Waals surface area contributed by atoms with Gasteiger partial charge in [0, 0.05) is 39.4 Å². The van der Waals surface area contributed by atoms with E-state index in [-0.39, 0.29) is 12.5 Å². The molecular formula is C17H28N2O2. The number of hydrogen-bond acceptors (Lipinski definition) is 3. The molecule has 1 aromatic carbocycles. The number of hydrogen-bond donors (Lipinski definition) is 2. The van der Waals surface area contributed by atoms with Crippen LogP contribution in [-0.2, 0) is 11.2 Å². The van der Waals surface area contributed by atoms with Gasteiger partial charge in [-0.15, -0.1) is 0 Å². The molecule has 0 aromatic heterocycles. The lowest BCUT2D eigenvalue weighted by Gasteiger charge is -2.12. The number of aliphatic hydroxyl groups is 1. The van der Waals surface area contributed by atoms with Gasteiger partial charge in [-0.25, -0.2) is 0 Å². The van der Waals surface area contributed by atoms with Crippen molar-refractivity contribution in [3.63, 3.8) is 0 Å². The van der Waals surface area contributed by atoms with E-state index in [1.807, 2.05) is 21.0 Å². The van der Waals surface area contributed by atoms with Gasteiger partial charge in [-0.3, -0.25) is 4.79 Å². The Morgan fingerprint density at radius 2 is 1.95 bits per heavy atom. The van der Waals surface area contributed by atoms with Crippen LogP contribution in [0.15, 0.2) is 24.3 Å². The fraction of sp³-hybridized carbons (Fsp3) is 0.588. The highest BCUT2D eigenvalue weighted by Gasteiger charge is 2.04. The second-order valence-electron chi connectivity index (χ2n) is 5.84. The van der Waals surface area contributed by atoms with Crippen LogP contribution >= 0.6 is 0 Å². The van der Waals surface area contributed by atoms with Gasteiger partial charge < -0.3 is 15.3 Å². The largest absolute Gasteiger partial charge is 0.396 e. The minimum absolute atomic E-state index is 0.100. The Morgan fingerprint density at radius 3 is 2.52 bits per heavy atom. The molecule has 0 saturated carbocycles. The van der Waals surface area contributed by atoms with E-state index in [9.17, 15) is 4.79 Å². The molecule has 4 heteroatoms. The zero-order chi connectivity index (χ0) is 15.7. The molecule has 1 aromatic rings. The number of carbonyl (C=O) groups excluding carboxylic acids is 1. The molecule has 1 atom stereocenters. The zero-order valence-electron chi connectivity index (χ0n) is 13.4. The van der Waals surface area contributed by atoms with E-state index in [2.05, 4.69) is 34.5 Å². The molecule has 4 nitrogen and oxygen atoms in total. The highest BCUT2D eigenvalue weighted by atomic mass is 16.3. The fourth-order valence-corrected chi connectivity index (χ4v) is 2.08. The maximum atomic E-state index is 11.7. The van der Waals surface area contributed by atoms with Gasteiger partial charge in [0.15, 0.2) is 0 Å². The number of aliphatic hydroxyl groups excluding tert-OH is 1. The first-order valence-electron chi connectivity index (χ1n) is 7.66. The third-order valence-corrected chi connectivity index (χ3v) is 3.60. The van der Waals surface area contributed by atoms with Gasteiger partial charge in [-0.05, 0) is 42.9 Å². The first-order valence-corrected chi connectivity index (χ1v) is 7.66. The summed E-state index contributed by atoms with van der Waals surface area (Å²) < 4.78 is 0. The maximum absolute atomic E-state index is 11.7. The van der Waals surface area contributed by atoms with Gasteiger partial charge in [-0.2, -0.15) is 0 Å². The summed E-state index contributed by atoms with van der Waals surface area (Å²) in [5.74, 6) is 0.417. The lowest BCUT2D eigenvalue weighted by atomic mass is 10.1. The highest BCUT2D eigenvalue weighted by Crippen LogP contribution is 2.13. The van der Waals surface area contributed by atoms with Crippen molar-refractivity contribution in [1.82, 2.24) is 5.32 Å². The minimum Gasteiger partial charge on any atom is -0.396 e. The van der Waals surface area contributed by atoms with Crippen LogP contribution in [0, 0.1) is 5.92 Å². The van der Waals surface area contributed by atoms with E-state index in [1.165, 1.54) is 11.3 Å². The summed E-state index contributed by atoms with van der Waals surface area (Å²) in [6.45, 7) is 2.93. The fourth-order valence-electron chi connectivity index (χ4n) is 2.08. The van der Waals surface area contributed by atoms with Crippen LogP contribution < -0.4 is 10.2 Å². The van der Waals surface area contributed by atoms with Crippen LogP contribution in [-0.4, -0.2) is 38.3 Å². The Kier molecular flexibility index (Phi) is 7.83. The minimum atomic E-state index is 0.100. The Morgan fingerprint density at radius 1 is 1.29 bits per heavy atom. The van der Waals surface area contributed by atoms with Crippen molar-refractivity contribution in [3.05, 3.63) is 29.8 Å². The molecule has 21 heavy (non-hydrogen) atoms. The molecule has 0 aliphatic heterocycles. The molecule has 0 bridgehead atoms. The predicted octanol–water partition coefficient (Wildman–Crippen LogP) is 2.21. The van der Waals surface area contributed by atoms with Crippen molar-refractivity contribution in [1.29, 1.82) is 0 Å². The van der Waals surface area contributed by atoms with Crippen LogP contribution in [0.2, 0.25) is 0 Å². The molecule has 0 fully saturated rings. The molecule has 1 amide bonds. The number of aryl methyl sites for hydroxylation is 1. The summed E-state index contributed by atoms with van der Waals surface area (Å²) >= 11 is 0. The molecule has 1 unspecified atom stereocenters. The number of nitrogens with one attached hydrogen (secondary N) is 1. The first-order chi connectivity index (χ1) is 10.0. The summed E-state index contributed by atoms with van der Waals surface area (Å²) in [7, 11) is 4.03. The second-order valence-corrected chi connectivity index (χ2v) is 5.84. The number of anilines is 1. The maximum Gasteiger partial charge on any atom is 0.220 e. The molecule has 0 heterocycles. The zero-order valence-corrected chi connectivity index (χ0v) is 13.4. The summed E-state index contributed by atoms with van der Waals surface area (Å²) in [6, 6.07) is 8.30. The monoisotopic (exact) mass is 292 g/mol. The number of nitrogens with zero attached hydrogens (tertiary/aromatic N) is 1. The Labute approximate surface area is 128 Å². The highest BCUT2D eigenvalue weighted by molar-refractivity contribution is 5.76. The second kappa shape index (κ2) is 9.40. The topological polar surface area (TPSA) is 52.6 Å². The van der Waals surface area contributed by atoms with Gasteiger partial charge in [0.05, 0.1) is 0 Å². The molecule has 0 saturated heterocycles.